The Hall–Kier alpha value is -2.60. The van der Waals surface area contributed by atoms with Crippen LogP contribution in [0.15, 0.2) is 89.6 Å². The summed E-state index contributed by atoms with van der Waals surface area (Å²) < 4.78 is 10.8. The van der Waals surface area contributed by atoms with Crippen molar-refractivity contribution in [3.05, 3.63) is 102 Å². The van der Waals surface area contributed by atoms with E-state index in [4.69, 9.17) is 4.42 Å². The summed E-state index contributed by atoms with van der Waals surface area (Å²) in [5.74, 6) is 1.27. The number of unbranched alkanes of at least 4 members (excludes halogenated alkanes) is 1. The van der Waals surface area contributed by atoms with E-state index >= 15 is 0 Å². The van der Waals surface area contributed by atoms with Gasteiger partial charge in [-0.15, -0.1) is 0 Å². The van der Waals surface area contributed by atoms with Crippen LogP contribution in [0.5, 0.6) is 0 Å². The van der Waals surface area contributed by atoms with Gasteiger partial charge in [0.05, 0.1) is 6.54 Å². The van der Waals surface area contributed by atoms with Crippen LogP contribution >= 0.6 is 0 Å². The SMILES string of the molecule is CCCC[n+]1ccn(C(c2ccccc2)c2ccc3oc4ccccc4c3c2)c1C.[I-]. The van der Waals surface area contributed by atoms with E-state index in [0.717, 1.165) is 17.7 Å². The molecule has 158 valence electrons. The Labute approximate surface area is 200 Å². The Morgan fingerprint density at radius 2 is 1.61 bits per heavy atom. The Morgan fingerprint density at radius 3 is 2.42 bits per heavy atom. The summed E-state index contributed by atoms with van der Waals surface area (Å²) in [5, 5.41) is 2.34. The molecule has 0 aliphatic carbocycles. The number of para-hydroxylation sites is 1. The molecular weight excluding hydrogens is 495 g/mol. The number of halogens is 1. The minimum atomic E-state index is 0. The highest BCUT2D eigenvalue weighted by atomic mass is 127. The van der Waals surface area contributed by atoms with Crippen molar-refractivity contribution in [3.63, 3.8) is 0 Å². The molecule has 0 spiro atoms. The lowest BCUT2D eigenvalue weighted by atomic mass is 9.96. The number of imidazole rings is 1. The molecule has 0 saturated carbocycles. The van der Waals surface area contributed by atoms with Crippen molar-refractivity contribution < 1.29 is 33.0 Å². The average molecular weight is 522 g/mol. The number of nitrogens with zero attached hydrogens (tertiary/aromatic N) is 2. The molecule has 5 aromatic rings. The number of furan rings is 1. The monoisotopic (exact) mass is 522 g/mol. The van der Waals surface area contributed by atoms with Crippen LogP contribution in [0.25, 0.3) is 21.9 Å². The zero-order chi connectivity index (χ0) is 20.5. The first-order valence-electron chi connectivity index (χ1n) is 10.8. The molecule has 0 saturated heterocycles. The van der Waals surface area contributed by atoms with Gasteiger partial charge in [0, 0.05) is 28.8 Å². The summed E-state index contributed by atoms with van der Waals surface area (Å²) in [6.45, 7) is 5.52. The van der Waals surface area contributed by atoms with Gasteiger partial charge in [-0.25, -0.2) is 9.13 Å². The fourth-order valence-electron chi connectivity index (χ4n) is 4.42. The Bertz CT molecular complexity index is 1300. The van der Waals surface area contributed by atoms with Gasteiger partial charge in [0.2, 0.25) is 0 Å². The quantitative estimate of drug-likeness (QED) is 0.248. The van der Waals surface area contributed by atoms with Gasteiger partial charge in [-0.1, -0.05) is 67.9 Å². The molecule has 0 aliphatic rings. The van der Waals surface area contributed by atoms with E-state index in [1.165, 1.54) is 40.6 Å². The van der Waals surface area contributed by atoms with Crippen LogP contribution in [-0.2, 0) is 6.54 Å². The number of aromatic nitrogens is 2. The smallest absolute Gasteiger partial charge is 0.254 e. The van der Waals surface area contributed by atoms with E-state index < -0.39 is 0 Å². The first-order valence-corrected chi connectivity index (χ1v) is 10.8. The van der Waals surface area contributed by atoms with E-state index in [1.54, 1.807) is 0 Å². The zero-order valence-electron chi connectivity index (χ0n) is 18.0. The number of hydrogen-bond donors (Lipinski definition) is 0. The third-order valence-electron chi connectivity index (χ3n) is 6.06. The molecule has 4 heteroatoms. The lowest BCUT2D eigenvalue weighted by Crippen LogP contribution is -3.00. The van der Waals surface area contributed by atoms with Crippen molar-refractivity contribution in [2.75, 3.05) is 0 Å². The molecule has 0 radical (unpaired) electrons. The largest absolute Gasteiger partial charge is 1.00 e. The second kappa shape index (κ2) is 9.27. The molecule has 0 amide bonds. The van der Waals surface area contributed by atoms with Crippen LogP contribution in [-0.4, -0.2) is 4.57 Å². The summed E-state index contributed by atoms with van der Waals surface area (Å²) in [7, 11) is 0. The number of hydrogen-bond acceptors (Lipinski definition) is 1. The molecular formula is C27H27IN2O. The minimum absolute atomic E-state index is 0. The fraction of sp³-hybridized carbons (Fsp3) is 0.222. The summed E-state index contributed by atoms with van der Waals surface area (Å²) in [4.78, 5) is 0. The van der Waals surface area contributed by atoms with Gasteiger partial charge in [-0.3, -0.25) is 0 Å². The standard InChI is InChI=1S/C27H27N2O.HI/c1-3-4-16-28-17-18-29(20(28)2)27(21-10-6-5-7-11-21)22-14-15-26-24(19-22)23-12-8-9-13-25(23)30-26;/h5-15,17-19,27H,3-4,16H2,1-2H3;1H/q+1;/p-1. The highest BCUT2D eigenvalue weighted by molar-refractivity contribution is 6.05. The lowest BCUT2D eigenvalue weighted by Gasteiger charge is -2.17. The maximum absolute atomic E-state index is 6.06. The normalized spacial score (nSPS) is 12.2. The van der Waals surface area contributed by atoms with Crippen molar-refractivity contribution in [2.45, 2.75) is 39.3 Å². The Balaban J connectivity index is 0.00000231. The van der Waals surface area contributed by atoms with Crippen molar-refractivity contribution in [2.24, 2.45) is 0 Å². The molecule has 5 rings (SSSR count). The van der Waals surface area contributed by atoms with Gasteiger partial charge in [0.15, 0.2) is 6.04 Å². The summed E-state index contributed by atoms with van der Waals surface area (Å²) in [6, 6.07) is 25.8. The summed E-state index contributed by atoms with van der Waals surface area (Å²) >= 11 is 0. The lowest BCUT2D eigenvalue weighted by molar-refractivity contribution is -0.702. The molecule has 3 nitrogen and oxygen atoms in total. The van der Waals surface area contributed by atoms with Gasteiger partial charge < -0.3 is 28.4 Å². The van der Waals surface area contributed by atoms with Crippen LogP contribution in [0.3, 0.4) is 0 Å². The first-order chi connectivity index (χ1) is 14.8. The van der Waals surface area contributed by atoms with Crippen molar-refractivity contribution in [1.29, 1.82) is 0 Å². The molecule has 0 aliphatic heterocycles. The van der Waals surface area contributed by atoms with E-state index in [9.17, 15) is 0 Å². The minimum Gasteiger partial charge on any atom is -1.00 e. The van der Waals surface area contributed by atoms with Gasteiger partial charge in [-0.2, -0.15) is 0 Å². The zero-order valence-corrected chi connectivity index (χ0v) is 20.1. The van der Waals surface area contributed by atoms with Crippen molar-refractivity contribution >= 4 is 21.9 Å². The highest BCUT2D eigenvalue weighted by Gasteiger charge is 2.26. The van der Waals surface area contributed by atoms with Gasteiger partial charge in [0.25, 0.3) is 5.82 Å². The van der Waals surface area contributed by atoms with Crippen LogP contribution in [0.4, 0.5) is 0 Å². The van der Waals surface area contributed by atoms with Gasteiger partial charge in [-0.05, 0) is 24.6 Å². The average Bonchev–Trinajstić information content (AvgIpc) is 3.34. The molecule has 2 heterocycles. The maximum Gasteiger partial charge on any atom is 0.254 e. The van der Waals surface area contributed by atoms with Crippen LogP contribution in [0.1, 0.15) is 42.8 Å². The molecule has 1 unspecified atom stereocenters. The van der Waals surface area contributed by atoms with Crippen LogP contribution < -0.4 is 28.5 Å². The predicted octanol–water partition coefficient (Wildman–Crippen LogP) is 3.43. The third kappa shape index (κ3) is 4.01. The molecule has 3 aromatic carbocycles. The van der Waals surface area contributed by atoms with Crippen molar-refractivity contribution in [3.8, 4) is 0 Å². The second-order valence-electron chi connectivity index (χ2n) is 7.97. The molecule has 0 N–H and O–H groups in total. The van der Waals surface area contributed by atoms with Crippen LogP contribution in [0.2, 0.25) is 0 Å². The summed E-state index contributed by atoms with van der Waals surface area (Å²) in [5.41, 5.74) is 4.43. The first kappa shape index (κ1) is 21.6. The topological polar surface area (TPSA) is 21.9 Å². The number of fused-ring (bicyclic) bond motifs is 3. The van der Waals surface area contributed by atoms with Gasteiger partial charge >= 0.3 is 0 Å². The maximum atomic E-state index is 6.06. The van der Waals surface area contributed by atoms with Crippen LogP contribution in [0, 0.1) is 6.92 Å². The predicted molar refractivity (Wildman–Crippen MR) is 122 cm³/mol. The van der Waals surface area contributed by atoms with E-state index in [1.807, 2.05) is 12.1 Å². The molecule has 1 atom stereocenters. The molecule has 0 fully saturated rings. The Kier molecular flexibility index (Phi) is 6.46. The fourth-order valence-corrected chi connectivity index (χ4v) is 4.42. The van der Waals surface area contributed by atoms with E-state index in [0.29, 0.717) is 0 Å². The third-order valence-corrected chi connectivity index (χ3v) is 6.06. The number of rotatable bonds is 6. The highest BCUT2D eigenvalue weighted by Crippen LogP contribution is 2.34. The molecule has 2 aromatic heterocycles. The Morgan fingerprint density at radius 1 is 0.871 bits per heavy atom. The van der Waals surface area contributed by atoms with E-state index in [2.05, 4.69) is 96.0 Å². The number of benzene rings is 3. The molecule has 31 heavy (non-hydrogen) atoms. The van der Waals surface area contributed by atoms with Crippen molar-refractivity contribution in [1.82, 2.24) is 4.57 Å². The van der Waals surface area contributed by atoms with Gasteiger partial charge in [0.1, 0.15) is 23.6 Å². The molecule has 0 bridgehead atoms. The van der Waals surface area contributed by atoms with E-state index in [-0.39, 0.29) is 30.0 Å². The number of aryl methyl sites for hydroxylation is 1. The summed E-state index contributed by atoms with van der Waals surface area (Å²) in [6.07, 6.45) is 6.83. The second-order valence-corrected chi connectivity index (χ2v) is 7.97.